The van der Waals surface area contributed by atoms with Gasteiger partial charge in [0.1, 0.15) is 0 Å². The first-order valence-electron chi connectivity index (χ1n) is 4.73. The number of rotatable bonds is 2. The first kappa shape index (κ1) is 11.2. The van der Waals surface area contributed by atoms with Crippen LogP contribution in [-0.2, 0) is 0 Å². The minimum absolute atomic E-state index is 0.0105. The fourth-order valence-electron chi connectivity index (χ4n) is 1.58. The van der Waals surface area contributed by atoms with Crippen LogP contribution >= 0.6 is 22.9 Å². The molecule has 0 bridgehead atoms. The number of thiophene rings is 1. The Morgan fingerprint density at radius 3 is 2.50 bits per heavy atom. The standard InChI is InChI=1S/C12H10ClNOS/c1-7(15)11-10(6-16-12(11)14)8-2-4-9(13)5-3-8/h2-6H,14H2,1H3. The number of halogens is 1. The molecule has 82 valence electrons. The SMILES string of the molecule is CC(=O)c1c(-c2ccc(Cl)cc2)csc1N. The van der Waals surface area contributed by atoms with E-state index in [1.54, 1.807) is 12.1 Å². The highest BCUT2D eigenvalue weighted by molar-refractivity contribution is 7.15. The predicted molar refractivity (Wildman–Crippen MR) is 69.2 cm³/mol. The van der Waals surface area contributed by atoms with Crippen LogP contribution in [0.25, 0.3) is 11.1 Å². The number of nitrogen functional groups attached to an aromatic ring is 1. The van der Waals surface area contributed by atoms with E-state index in [2.05, 4.69) is 0 Å². The lowest BCUT2D eigenvalue weighted by Crippen LogP contribution is -1.97. The lowest BCUT2D eigenvalue weighted by Gasteiger charge is -2.02. The van der Waals surface area contributed by atoms with Crippen molar-refractivity contribution in [2.75, 3.05) is 5.73 Å². The van der Waals surface area contributed by atoms with E-state index in [1.807, 2.05) is 17.5 Å². The van der Waals surface area contributed by atoms with Gasteiger partial charge in [-0.25, -0.2) is 0 Å². The van der Waals surface area contributed by atoms with Gasteiger partial charge < -0.3 is 5.73 Å². The van der Waals surface area contributed by atoms with Gasteiger partial charge in [-0.05, 0) is 24.6 Å². The summed E-state index contributed by atoms with van der Waals surface area (Å²) in [5, 5.41) is 3.14. The number of carbonyl (C=O) groups excluding carboxylic acids is 1. The lowest BCUT2D eigenvalue weighted by molar-refractivity contribution is 0.101. The zero-order chi connectivity index (χ0) is 11.7. The molecule has 2 N–H and O–H groups in total. The van der Waals surface area contributed by atoms with Crippen LogP contribution < -0.4 is 5.73 Å². The lowest BCUT2D eigenvalue weighted by atomic mass is 10.0. The third-order valence-electron chi connectivity index (χ3n) is 2.33. The van der Waals surface area contributed by atoms with Crippen LogP contribution in [0.5, 0.6) is 0 Å². The Morgan fingerprint density at radius 1 is 1.31 bits per heavy atom. The second-order valence-corrected chi connectivity index (χ2v) is 4.80. The summed E-state index contributed by atoms with van der Waals surface area (Å²) in [6.45, 7) is 1.53. The van der Waals surface area contributed by atoms with Crippen LogP contribution in [0.1, 0.15) is 17.3 Å². The Labute approximate surface area is 103 Å². The molecule has 2 rings (SSSR count). The number of nitrogens with two attached hydrogens (primary N) is 1. The molecule has 1 heterocycles. The van der Waals surface area contributed by atoms with Crippen molar-refractivity contribution in [3.8, 4) is 11.1 Å². The quantitative estimate of drug-likeness (QED) is 0.824. The first-order valence-corrected chi connectivity index (χ1v) is 5.99. The number of benzene rings is 1. The van der Waals surface area contributed by atoms with Crippen LogP contribution in [0.2, 0.25) is 5.02 Å². The van der Waals surface area contributed by atoms with Crippen LogP contribution in [0.3, 0.4) is 0 Å². The summed E-state index contributed by atoms with van der Waals surface area (Å²) in [4.78, 5) is 11.5. The highest BCUT2D eigenvalue weighted by Crippen LogP contribution is 2.34. The van der Waals surface area contributed by atoms with Crippen molar-refractivity contribution in [2.45, 2.75) is 6.92 Å². The Balaban J connectivity index is 2.56. The van der Waals surface area contributed by atoms with Gasteiger partial charge in [0.2, 0.25) is 0 Å². The van der Waals surface area contributed by atoms with Crippen molar-refractivity contribution in [3.63, 3.8) is 0 Å². The molecule has 0 unspecified atom stereocenters. The molecule has 0 radical (unpaired) electrons. The van der Waals surface area contributed by atoms with E-state index in [4.69, 9.17) is 17.3 Å². The number of hydrogen-bond donors (Lipinski definition) is 1. The summed E-state index contributed by atoms with van der Waals surface area (Å²) in [5.74, 6) is -0.0105. The maximum absolute atomic E-state index is 11.5. The number of anilines is 1. The molecule has 16 heavy (non-hydrogen) atoms. The van der Waals surface area contributed by atoms with E-state index in [9.17, 15) is 4.79 Å². The summed E-state index contributed by atoms with van der Waals surface area (Å²) >= 11 is 7.20. The van der Waals surface area contributed by atoms with Gasteiger partial charge in [-0.1, -0.05) is 23.7 Å². The predicted octanol–water partition coefficient (Wildman–Crippen LogP) is 3.85. The zero-order valence-electron chi connectivity index (χ0n) is 8.66. The number of Topliss-reactive ketones (excluding diaryl/α,β-unsaturated/α-hetero) is 1. The van der Waals surface area contributed by atoms with Crippen molar-refractivity contribution < 1.29 is 4.79 Å². The van der Waals surface area contributed by atoms with Gasteiger partial charge in [0, 0.05) is 16.0 Å². The van der Waals surface area contributed by atoms with E-state index >= 15 is 0 Å². The molecule has 0 aliphatic carbocycles. The minimum Gasteiger partial charge on any atom is -0.390 e. The number of carbonyl (C=O) groups is 1. The highest BCUT2D eigenvalue weighted by Gasteiger charge is 2.14. The first-order chi connectivity index (χ1) is 7.59. The van der Waals surface area contributed by atoms with Gasteiger partial charge in [-0.15, -0.1) is 11.3 Å². The van der Waals surface area contributed by atoms with Crippen LogP contribution in [-0.4, -0.2) is 5.78 Å². The van der Waals surface area contributed by atoms with E-state index < -0.39 is 0 Å². The molecule has 2 nitrogen and oxygen atoms in total. The molecule has 1 aromatic carbocycles. The largest absolute Gasteiger partial charge is 0.390 e. The molecule has 0 atom stereocenters. The zero-order valence-corrected chi connectivity index (χ0v) is 10.2. The van der Waals surface area contributed by atoms with Crippen LogP contribution in [0.4, 0.5) is 5.00 Å². The summed E-state index contributed by atoms with van der Waals surface area (Å²) < 4.78 is 0. The van der Waals surface area contributed by atoms with Gasteiger partial charge in [0.25, 0.3) is 0 Å². The van der Waals surface area contributed by atoms with Crippen molar-refractivity contribution in [1.29, 1.82) is 0 Å². The molecule has 1 aromatic heterocycles. The third-order valence-corrected chi connectivity index (χ3v) is 3.39. The molecule has 4 heteroatoms. The summed E-state index contributed by atoms with van der Waals surface area (Å²) in [7, 11) is 0. The fourth-order valence-corrected chi connectivity index (χ4v) is 2.57. The summed E-state index contributed by atoms with van der Waals surface area (Å²) in [6, 6.07) is 7.37. The Kier molecular flexibility index (Phi) is 2.99. The number of ketones is 1. The molecular formula is C12H10ClNOS. The van der Waals surface area contributed by atoms with Crippen molar-refractivity contribution in [2.24, 2.45) is 0 Å². The average Bonchev–Trinajstić information content (AvgIpc) is 2.61. The maximum atomic E-state index is 11.5. The normalized spacial score (nSPS) is 10.4. The smallest absolute Gasteiger partial charge is 0.163 e. The third kappa shape index (κ3) is 1.96. The van der Waals surface area contributed by atoms with Gasteiger partial charge in [0.15, 0.2) is 5.78 Å². The molecule has 0 aliphatic heterocycles. The second kappa shape index (κ2) is 4.28. The van der Waals surface area contributed by atoms with E-state index in [1.165, 1.54) is 18.3 Å². The Morgan fingerprint density at radius 2 is 1.94 bits per heavy atom. The highest BCUT2D eigenvalue weighted by atomic mass is 35.5. The van der Waals surface area contributed by atoms with Gasteiger partial charge in [-0.3, -0.25) is 4.79 Å². The van der Waals surface area contributed by atoms with Crippen molar-refractivity contribution >= 4 is 33.7 Å². The van der Waals surface area contributed by atoms with Gasteiger partial charge in [0.05, 0.1) is 10.6 Å². The maximum Gasteiger partial charge on any atom is 0.163 e. The Hall–Kier alpha value is -1.32. The molecule has 0 aliphatic rings. The minimum atomic E-state index is -0.0105. The number of hydrogen-bond acceptors (Lipinski definition) is 3. The van der Waals surface area contributed by atoms with Crippen molar-refractivity contribution in [1.82, 2.24) is 0 Å². The molecule has 0 saturated heterocycles. The monoisotopic (exact) mass is 251 g/mol. The van der Waals surface area contributed by atoms with E-state index in [-0.39, 0.29) is 5.78 Å². The summed E-state index contributed by atoms with van der Waals surface area (Å²) in [5.41, 5.74) is 8.23. The topological polar surface area (TPSA) is 43.1 Å². The average molecular weight is 252 g/mol. The van der Waals surface area contributed by atoms with E-state index in [0.717, 1.165) is 11.1 Å². The van der Waals surface area contributed by atoms with E-state index in [0.29, 0.717) is 15.6 Å². The Bertz CT molecular complexity index is 530. The molecule has 0 spiro atoms. The summed E-state index contributed by atoms with van der Waals surface area (Å²) in [6.07, 6.45) is 0. The molecule has 0 fully saturated rings. The molecule has 2 aromatic rings. The molecular weight excluding hydrogens is 242 g/mol. The molecule has 0 saturated carbocycles. The van der Waals surface area contributed by atoms with Crippen molar-refractivity contribution in [3.05, 3.63) is 40.2 Å². The molecule has 0 amide bonds. The van der Waals surface area contributed by atoms with Gasteiger partial charge >= 0.3 is 0 Å². The van der Waals surface area contributed by atoms with Gasteiger partial charge in [-0.2, -0.15) is 0 Å². The van der Waals surface area contributed by atoms with Crippen LogP contribution in [0, 0.1) is 0 Å². The van der Waals surface area contributed by atoms with Crippen LogP contribution in [0.15, 0.2) is 29.6 Å². The second-order valence-electron chi connectivity index (χ2n) is 3.45. The fraction of sp³-hybridized carbons (Fsp3) is 0.0833.